The van der Waals surface area contributed by atoms with E-state index in [0.717, 1.165) is 12.1 Å². The SMILES string of the molecule is O=[N+]([O-])c1ccc(C(O)CNc2ccc(F)cc2F)cc1. The van der Waals surface area contributed by atoms with Gasteiger partial charge in [-0.3, -0.25) is 10.1 Å². The number of hydrogen-bond acceptors (Lipinski definition) is 4. The molecule has 21 heavy (non-hydrogen) atoms. The molecule has 1 unspecified atom stereocenters. The minimum atomic E-state index is -0.977. The molecular weight excluding hydrogens is 282 g/mol. The Morgan fingerprint density at radius 2 is 1.86 bits per heavy atom. The topological polar surface area (TPSA) is 75.4 Å². The summed E-state index contributed by atoms with van der Waals surface area (Å²) in [6.45, 7) is -0.0135. The second-order valence-electron chi connectivity index (χ2n) is 4.37. The van der Waals surface area contributed by atoms with E-state index in [4.69, 9.17) is 0 Å². The van der Waals surface area contributed by atoms with E-state index in [2.05, 4.69) is 5.32 Å². The van der Waals surface area contributed by atoms with Crippen molar-refractivity contribution >= 4 is 11.4 Å². The Balaban J connectivity index is 2.01. The predicted molar refractivity (Wildman–Crippen MR) is 72.9 cm³/mol. The maximum absolute atomic E-state index is 13.4. The highest BCUT2D eigenvalue weighted by Crippen LogP contribution is 2.20. The summed E-state index contributed by atoms with van der Waals surface area (Å²) in [6, 6.07) is 8.46. The Labute approximate surface area is 119 Å². The average molecular weight is 294 g/mol. The van der Waals surface area contributed by atoms with E-state index < -0.39 is 22.7 Å². The van der Waals surface area contributed by atoms with Crippen molar-refractivity contribution in [3.8, 4) is 0 Å². The molecule has 0 aliphatic heterocycles. The fourth-order valence-electron chi connectivity index (χ4n) is 1.78. The van der Waals surface area contributed by atoms with Crippen molar-refractivity contribution in [1.82, 2.24) is 0 Å². The first kappa shape index (κ1) is 14.9. The van der Waals surface area contributed by atoms with Gasteiger partial charge < -0.3 is 10.4 Å². The number of benzene rings is 2. The van der Waals surface area contributed by atoms with Crippen LogP contribution >= 0.6 is 0 Å². The Bertz CT molecular complexity index is 647. The lowest BCUT2D eigenvalue weighted by Gasteiger charge is -2.13. The Hall–Kier alpha value is -2.54. The maximum atomic E-state index is 13.4. The van der Waals surface area contributed by atoms with Gasteiger partial charge in [-0.05, 0) is 29.8 Å². The molecule has 2 N–H and O–H groups in total. The maximum Gasteiger partial charge on any atom is 0.269 e. The summed E-state index contributed by atoms with van der Waals surface area (Å²) in [5.74, 6) is -1.44. The highest BCUT2D eigenvalue weighted by atomic mass is 19.1. The van der Waals surface area contributed by atoms with Gasteiger partial charge in [-0.15, -0.1) is 0 Å². The number of hydrogen-bond donors (Lipinski definition) is 2. The van der Waals surface area contributed by atoms with E-state index in [-0.39, 0.29) is 17.9 Å². The molecule has 0 saturated carbocycles. The zero-order valence-corrected chi connectivity index (χ0v) is 10.8. The summed E-state index contributed by atoms with van der Waals surface area (Å²) >= 11 is 0. The summed E-state index contributed by atoms with van der Waals surface area (Å²) in [4.78, 5) is 9.98. The predicted octanol–water partition coefficient (Wildman–Crippen LogP) is 3.02. The van der Waals surface area contributed by atoms with Crippen molar-refractivity contribution in [2.24, 2.45) is 0 Å². The smallest absolute Gasteiger partial charge is 0.269 e. The molecule has 0 amide bonds. The van der Waals surface area contributed by atoms with Crippen molar-refractivity contribution in [2.45, 2.75) is 6.10 Å². The molecule has 1 atom stereocenters. The molecule has 110 valence electrons. The minimum Gasteiger partial charge on any atom is -0.387 e. The molecule has 0 heterocycles. The van der Waals surface area contributed by atoms with Crippen LogP contribution in [0.3, 0.4) is 0 Å². The van der Waals surface area contributed by atoms with Gasteiger partial charge in [-0.1, -0.05) is 0 Å². The van der Waals surface area contributed by atoms with Gasteiger partial charge in [0, 0.05) is 24.7 Å². The summed E-state index contributed by atoms with van der Waals surface area (Å²) in [6.07, 6.45) is -0.977. The molecule has 2 aromatic rings. The Kier molecular flexibility index (Phi) is 4.44. The fraction of sp³-hybridized carbons (Fsp3) is 0.143. The first-order valence-corrected chi connectivity index (χ1v) is 6.08. The van der Waals surface area contributed by atoms with Gasteiger partial charge in [0.05, 0.1) is 16.7 Å². The zero-order chi connectivity index (χ0) is 15.4. The van der Waals surface area contributed by atoms with Crippen molar-refractivity contribution in [3.05, 3.63) is 69.8 Å². The van der Waals surface area contributed by atoms with E-state index in [1.54, 1.807) is 0 Å². The van der Waals surface area contributed by atoms with Gasteiger partial charge in [0.15, 0.2) is 0 Å². The molecule has 5 nitrogen and oxygen atoms in total. The van der Waals surface area contributed by atoms with Crippen molar-refractivity contribution in [1.29, 1.82) is 0 Å². The number of anilines is 1. The van der Waals surface area contributed by atoms with Crippen LogP contribution in [0.15, 0.2) is 42.5 Å². The molecule has 0 fully saturated rings. The quantitative estimate of drug-likeness (QED) is 0.656. The second-order valence-corrected chi connectivity index (χ2v) is 4.37. The molecule has 0 aliphatic rings. The van der Waals surface area contributed by atoms with Crippen LogP contribution in [0, 0.1) is 21.7 Å². The van der Waals surface area contributed by atoms with Crippen LogP contribution in [0.1, 0.15) is 11.7 Å². The van der Waals surface area contributed by atoms with E-state index in [1.165, 1.54) is 30.3 Å². The molecule has 0 aromatic heterocycles. The lowest BCUT2D eigenvalue weighted by atomic mass is 10.1. The van der Waals surface area contributed by atoms with Crippen LogP contribution in [0.2, 0.25) is 0 Å². The van der Waals surface area contributed by atoms with Gasteiger partial charge in [0.25, 0.3) is 5.69 Å². The summed E-state index contributed by atoms with van der Waals surface area (Å²) in [7, 11) is 0. The van der Waals surface area contributed by atoms with Crippen molar-refractivity contribution in [3.63, 3.8) is 0 Å². The summed E-state index contributed by atoms with van der Waals surface area (Å²) < 4.78 is 26.1. The van der Waals surface area contributed by atoms with E-state index in [9.17, 15) is 24.0 Å². The average Bonchev–Trinajstić information content (AvgIpc) is 2.46. The molecule has 0 aliphatic carbocycles. The summed E-state index contributed by atoms with van der Waals surface area (Å²) in [5, 5.41) is 23.1. The van der Waals surface area contributed by atoms with Gasteiger partial charge in [-0.25, -0.2) is 8.78 Å². The molecule has 0 saturated heterocycles. The van der Waals surface area contributed by atoms with Gasteiger partial charge in [-0.2, -0.15) is 0 Å². The van der Waals surface area contributed by atoms with Crippen LogP contribution < -0.4 is 5.32 Å². The largest absolute Gasteiger partial charge is 0.387 e. The molecule has 2 rings (SSSR count). The van der Waals surface area contributed by atoms with Gasteiger partial charge in [0.1, 0.15) is 11.6 Å². The first-order valence-electron chi connectivity index (χ1n) is 6.08. The molecular formula is C14H12F2N2O3. The zero-order valence-electron chi connectivity index (χ0n) is 10.8. The number of halogens is 2. The van der Waals surface area contributed by atoms with Gasteiger partial charge >= 0.3 is 0 Å². The number of nitrogens with one attached hydrogen (secondary N) is 1. The fourth-order valence-corrected chi connectivity index (χ4v) is 1.78. The number of nitro groups is 1. The minimum absolute atomic E-state index is 0.0135. The van der Waals surface area contributed by atoms with Crippen molar-refractivity contribution < 1.29 is 18.8 Å². The number of non-ortho nitro benzene ring substituents is 1. The highest BCUT2D eigenvalue weighted by Gasteiger charge is 2.11. The number of nitro benzene ring substituents is 1. The lowest BCUT2D eigenvalue weighted by molar-refractivity contribution is -0.384. The number of aliphatic hydroxyl groups excluding tert-OH is 1. The second kappa shape index (κ2) is 6.27. The molecule has 7 heteroatoms. The number of aliphatic hydroxyl groups is 1. The lowest BCUT2D eigenvalue weighted by Crippen LogP contribution is -2.13. The van der Waals surface area contributed by atoms with E-state index in [1.807, 2.05) is 0 Å². The van der Waals surface area contributed by atoms with Gasteiger partial charge in [0.2, 0.25) is 0 Å². The van der Waals surface area contributed by atoms with Crippen LogP contribution in [0.4, 0.5) is 20.2 Å². The van der Waals surface area contributed by atoms with Crippen molar-refractivity contribution in [2.75, 3.05) is 11.9 Å². The standard InChI is InChI=1S/C14H12F2N2O3/c15-10-3-6-13(12(16)7-10)17-8-14(19)9-1-4-11(5-2-9)18(20)21/h1-7,14,17,19H,8H2. The molecule has 0 radical (unpaired) electrons. The summed E-state index contributed by atoms with van der Waals surface area (Å²) in [5.41, 5.74) is 0.441. The molecule has 2 aromatic carbocycles. The molecule has 0 spiro atoms. The monoisotopic (exact) mass is 294 g/mol. The normalized spacial score (nSPS) is 12.0. The Morgan fingerprint density at radius 3 is 2.43 bits per heavy atom. The van der Waals surface area contributed by atoms with E-state index in [0.29, 0.717) is 5.56 Å². The number of rotatable bonds is 5. The third-order valence-electron chi connectivity index (χ3n) is 2.91. The third kappa shape index (κ3) is 3.73. The van der Waals surface area contributed by atoms with E-state index >= 15 is 0 Å². The van der Waals surface area contributed by atoms with Crippen LogP contribution in [-0.4, -0.2) is 16.6 Å². The number of nitrogens with zero attached hydrogens (tertiary/aromatic N) is 1. The van der Waals surface area contributed by atoms with Crippen LogP contribution in [-0.2, 0) is 0 Å². The van der Waals surface area contributed by atoms with Crippen LogP contribution in [0.25, 0.3) is 0 Å². The Morgan fingerprint density at radius 1 is 1.19 bits per heavy atom. The first-order chi connectivity index (χ1) is 9.97. The van der Waals surface area contributed by atoms with Crippen LogP contribution in [0.5, 0.6) is 0 Å². The third-order valence-corrected chi connectivity index (χ3v) is 2.91. The highest BCUT2D eigenvalue weighted by molar-refractivity contribution is 5.45. The molecule has 0 bridgehead atoms.